The number of nitrogens with one attached hydrogen (secondary N) is 1. The van der Waals surface area contributed by atoms with Crippen molar-refractivity contribution in [2.75, 3.05) is 18.8 Å². The predicted molar refractivity (Wildman–Crippen MR) is 179 cm³/mol. The summed E-state index contributed by atoms with van der Waals surface area (Å²) < 4.78 is 8.13. The predicted octanol–water partition coefficient (Wildman–Crippen LogP) is 5.44. The maximum Gasteiger partial charge on any atom is 0.255 e. The summed E-state index contributed by atoms with van der Waals surface area (Å²) in [5.41, 5.74) is 14.1. The Bertz CT molecular complexity index is 1870. The molecule has 2 atom stereocenters. The first kappa shape index (κ1) is 30.7. The second-order valence-corrected chi connectivity index (χ2v) is 11.8. The second-order valence-electron chi connectivity index (χ2n) is 11.8. The summed E-state index contributed by atoms with van der Waals surface area (Å²) in [5, 5.41) is 7.33. The van der Waals surface area contributed by atoms with Gasteiger partial charge in [-0.1, -0.05) is 67.6 Å². The van der Waals surface area contributed by atoms with E-state index in [1.54, 1.807) is 28.0 Å². The lowest BCUT2D eigenvalue weighted by Crippen LogP contribution is -2.44. The Hall–Kier alpha value is -5.28. The highest BCUT2D eigenvalue weighted by Crippen LogP contribution is 2.25. The van der Waals surface area contributed by atoms with Gasteiger partial charge in [-0.25, -0.2) is 4.98 Å². The third-order valence-electron chi connectivity index (χ3n) is 8.55. The molecule has 3 heterocycles. The van der Waals surface area contributed by atoms with E-state index >= 15 is 0 Å². The number of amides is 2. The number of ether oxygens (including phenoxy) is 1. The summed E-state index contributed by atoms with van der Waals surface area (Å²) >= 11 is 0. The highest BCUT2D eigenvalue weighted by molar-refractivity contribution is 6.00. The molecule has 1 aliphatic rings. The zero-order chi connectivity index (χ0) is 32.2. The Morgan fingerprint density at radius 1 is 0.935 bits per heavy atom. The van der Waals surface area contributed by atoms with Gasteiger partial charge in [0, 0.05) is 49.2 Å². The van der Waals surface area contributed by atoms with Gasteiger partial charge in [0.2, 0.25) is 0 Å². The van der Waals surface area contributed by atoms with Gasteiger partial charge in [0.25, 0.3) is 11.8 Å². The Morgan fingerprint density at radius 3 is 2.50 bits per heavy atom. The number of carbonyl (C=O) groups is 2. The van der Waals surface area contributed by atoms with E-state index in [9.17, 15) is 9.59 Å². The number of nitrogens with zero attached hydrogens (tertiary/aromatic N) is 4. The van der Waals surface area contributed by atoms with Crippen LogP contribution in [0.5, 0.6) is 0 Å². The van der Waals surface area contributed by atoms with E-state index in [1.165, 1.54) is 11.1 Å². The number of aromatic nitrogens is 3. The average molecular weight is 615 g/mol. The van der Waals surface area contributed by atoms with Crippen LogP contribution in [-0.4, -0.2) is 56.7 Å². The topological polar surface area (TPSA) is 115 Å². The quantitative estimate of drug-likeness (QED) is 0.229. The fourth-order valence-electron chi connectivity index (χ4n) is 5.92. The zero-order valence-electron chi connectivity index (χ0n) is 26.3. The molecule has 1 fully saturated rings. The van der Waals surface area contributed by atoms with Crippen molar-refractivity contribution < 1.29 is 14.3 Å². The van der Waals surface area contributed by atoms with Crippen LogP contribution >= 0.6 is 0 Å². The van der Waals surface area contributed by atoms with Gasteiger partial charge in [-0.3, -0.25) is 14.3 Å². The Balaban J connectivity index is 1.24. The van der Waals surface area contributed by atoms with Crippen LogP contribution < -0.4 is 11.1 Å². The van der Waals surface area contributed by atoms with Gasteiger partial charge in [0.05, 0.1) is 30.5 Å². The highest BCUT2D eigenvalue weighted by atomic mass is 16.5. The molecule has 6 rings (SSSR count). The molecule has 46 heavy (non-hydrogen) atoms. The van der Waals surface area contributed by atoms with Crippen LogP contribution in [-0.2, 0) is 24.8 Å². The lowest BCUT2D eigenvalue weighted by atomic mass is 10.0. The summed E-state index contributed by atoms with van der Waals surface area (Å²) in [6, 6.07) is 25.2. The van der Waals surface area contributed by atoms with Crippen molar-refractivity contribution in [3.05, 3.63) is 125 Å². The van der Waals surface area contributed by atoms with E-state index in [-0.39, 0.29) is 29.7 Å². The smallest absolute Gasteiger partial charge is 0.255 e. The molecule has 3 N–H and O–H groups in total. The van der Waals surface area contributed by atoms with Crippen molar-refractivity contribution in [1.29, 1.82) is 0 Å². The molecule has 5 aromatic rings. The van der Waals surface area contributed by atoms with E-state index in [0.717, 1.165) is 34.2 Å². The molecule has 3 aromatic carbocycles. The van der Waals surface area contributed by atoms with Gasteiger partial charge >= 0.3 is 0 Å². The number of hydrogen-bond acceptors (Lipinski definition) is 6. The van der Waals surface area contributed by atoms with Gasteiger partial charge < -0.3 is 20.7 Å². The van der Waals surface area contributed by atoms with Crippen LogP contribution in [0, 0.1) is 6.92 Å². The van der Waals surface area contributed by atoms with E-state index in [4.69, 9.17) is 10.5 Å². The van der Waals surface area contributed by atoms with E-state index in [0.29, 0.717) is 18.7 Å². The van der Waals surface area contributed by atoms with Crippen molar-refractivity contribution in [2.24, 2.45) is 7.05 Å². The van der Waals surface area contributed by atoms with Crippen molar-refractivity contribution in [3.63, 3.8) is 0 Å². The van der Waals surface area contributed by atoms with Crippen LogP contribution in [0.15, 0.2) is 97.5 Å². The maximum atomic E-state index is 13.9. The summed E-state index contributed by atoms with van der Waals surface area (Å²) in [6.07, 6.45) is 5.68. The third-order valence-corrected chi connectivity index (χ3v) is 8.55. The van der Waals surface area contributed by atoms with Crippen molar-refractivity contribution in [2.45, 2.75) is 39.0 Å². The summed E-state index contributed by atoms with van der Waals surface area (Å²) in [5.74, 6) is -0.372. The van der Waals surface area contributed by atoms with Crippen LogP contribution in [0.1, 0.15) is 44.3 Å². The molecule has 0 radical (unpaired) electrons. The number of aryl methyl sites for hydroxylation is 3. The number of nitrogens with two attached hydrogens (primary N) is 1. The number of pyridine rings is 1. The van der Waals surface area contributed by atoms with Gasteiger partial charge in [-0.05, 0) is 59.4 Å². The van der Waals surface area contributed by atoms with Gasteiger partial charge in [0.1, 0.15) is 5.82 Å². The van der Waals surface area contributed by atoms with Gasteiger partial charge in [-0.2, -0.15) is 5.10 Å². The summed E-state index contributed by atoms with van der Waals surface area (Å²) in [7, 11) is 1.83. The molecular formula is C37H38N6O3. The Labute approximate surface area is 269 Å². The van der Waals surface area contributed by atoms with Crippen molar-refractivity contribution >= 4 is 17.6 Å². The normalized spacial score (nSPS) is 16.0. The standard InChI is InChI=1S/C37H38N6O3/c1-4-26-15-25(14-13-24(26)2)23-46-34-22-43(37(45)29-12-8-11-28(16-29)27-9-6-5-7-10-27)21-33(34)41-36(44)32-17-30(18-39-35(32)38)31-19-40-42(3)20-31/h5-20,33-34H,4,21-23H2,1-3H3,(H2,38,39)(H,41,44)/t33-,34-/m0/s1. The molecule has 234 valence electrons. The lowest BCUT2D eigenvalue weighted by Gasteiger charge is -2.21. The van der Waals surface area contributed by atoms with E-state index < -0.39 is 12.1 Å². The fourth-order valence-corrected chi connectivity index (χ4v) is 5.92. The van der Waals surface area contributed by atoms with Crippen LogP contribution in [0.25, 0.3) is 22.3 Å². The molecular weight excluding hydrogens is 576 g/mol. The van der Waals surface area contributed by atoms with Crippen LogP contribution in [0.3, 0.4) is 0 Å². The largest absolute Gasteiger partial charge is 0.383 e. The lowest BCUT2D eigenvalue weighted by molar-refractivity contribution is 0.0306. The molecule has 0 bridgehead atoms. The van der Waals surface area contributed by atoms with Gasteiger partial charge in [0.15, 0.2) is 0 Å². The molecule has 0 aliphatic carbocycles. The number of benzene rings is 3. The van der Waals surface area contributed by atoms with Gasteiger partial charge in [-0.15, -0.1) is 0 Å². The first-order chi connectivity index (χ1) is 22.3. The minimum atomic E-state index is -0.466. The maximum absolute atomic E-state index is 13.9. The zero-order valence-corrected chi connectivity index (χ0v) is 26.3. The fraction of sp³-hybridized carbons (Fsp3) is 0.243. The number of anilines is 1. The van der Waals surface area contributed by atoms with E-state index in [1.807, 2.05) is 67.8 Å². The average Bonchev–Trinajstić information content (AvgIpc) is 3.70. The van der Waals surface area contributed by atoms with Crippen LogP contribution in [0.4, 0.5) is 5.82 Å². The van der Waals surface area contributed by atoms with Crippen molar-refractivity contribution in [3.8, 4) is 22.3 Å². The summed E-state index contributed by atoms with van der Waals surface area (Å²) in [6.45, 7) is 5.21. The minimum Gasteiger partial charge on any atom is -0.383 e. The molecule has 2 aromatic heterocycles. The number of carbonyl (C=O) groups excluding carboxylic acids is 2. The number of likely N-dealkylation sites (tertiary alicyclic amines) is 1. The molecule has 2 amide bonds. The van der Waals surface area contributed by atoms with Crippen molar-refractivity contribution in [1.82, 2.24) is 25.0 Å². The summed E-state index contributed by atoms with van der Waals surface area (Å²) in [4.78, 5) is 33.6. The number of rotatable bonds is 9. The minimum absolute atomic E-state index is 0.119. The molecule has 9 heteroatoms. The molecule has 1 aliphatic heterocycles. The number of hydrogen-bond donors (Lipinski definition) is 2. The monoisotopic (exact) mass is 614 g/mol. The molecule has 0 unspecified atom stereocenters. The first-order valence-corrected chi connectivity index (χ1v) is 15.5. The Morgan fingerprint density at radius 2 is 1.74 bits per heavy atom. The van der Waals surface area contributed by atoms with E-state index in [2.05, 4.69) is 47.4 Å². The third kappa shape index (κ3) is 6.69. The second kappa shape index (κ2) is 13.4. The Kier molecular flexibility index (Phi) is 8.94. The molecule has 0 saturated carbocycles. The van der Waals surface area contributed by atoms with Crippen LogP contribution in [0.2, 0.25) is 0 Å². The molecule has 1 saturated heterocycles. The SMILES string of the molecule is CCc1cc(CO[C@H]2CN(C(=O)c3cccc(-c4ccccc4)c3)C[C@@H]2NC(=O)c2cc(-c3cnn(C)c3)cnc2N)ccc1C. The highest BCUT2D eigenvalue weighted by Gasteiger charge is 2.38. The first-order valence-electron chi connectivity index (χ1n) is 15.5. The number of nitrogen functional groups attached to an aromatic ring is 1. The molecule has 0 spiro atoms. The molecule has 9 nitrogen and oxygen atoms in total.